The quantitative estimate of drug-likeness (QED) is 0.319. The largest absolute Gasteiger partial charge is 0.427 e. The van der Waals surface area contributed by atoms with Crippen LogP contribution in [0.4, 0.5) is 11.4 Å². The van der Waals surface area contributed by atoms with Gasteiger partial charge in [0.15, 0.2) is 0 Å². The molecule has 0 atom stereocenters. The van der Waals surface area contributed by atoms with Crippen LogP contribution in [0.5, 0.6) is 5.75 Å². The van der Waals surface area contributed by atoms with E-state index in [2.05, 4.69) is 38.3 Å². The first-order valence-electron chi connectivity index (χ1n) is 11.3. The van der Waals surface area contributed by atoms with Gasteiger partial charge >= 0.3 is 5.97 Å². The maximum Gasteiger partial charge on any atom is 0.308 e. The maximum atomic E-state index is 12.9. The molecule has 34 heavy (non-hydrogen) atoms. The summed E-state index contributed by atoms with van der Waals surface area (Å²) in [5.41, 5.74) is 3.98. The van der Waals surface area contributed by atoms with E-state index < -0.39 is 17.8 Å². The van der Waals surface area contributed by atoms with Crippen molar-refractivity contribution in [2.45, 2.75) is 46.5 Å². The lowest BCUT2D eigenvalue weighted by Gasteiger charge is -2.12. The van der Waals surface area contributed by atoms with Crippen molar-refractivity contribution in [3.63, 3.8) is 0 Å². The van der Waals surface area contributed by atoms with Crippen molar-refractivity contribution in [3.05, 3.63) is 89.0 Å². The molecule has 2 amide bonds. The van der Waals surface area contributed by atoms with Gasteiger partial charge in [-0.15, -0.1) is 0 Å². The molecular weight excluding hydrogens is 428 g/mol. The van der Waals surface area contributed by atoms with Gasteiger partial charge in [-0.3, -0.25) is 14.4 Å². The number of hydrogen-bond acceptors (Lipinski definition) is 4. The molecule has 0 aliphatic carbocycles. The summed E-state index contributed by atoms with van der Waals surface area (Å²) in [5, 5.41) is 5.65. The lowest BCUT2D eigenvalue weighted by atomic mass is 10.0. The third-order valence-electron chi connectivity index (χ3n) is 5.36. The number of esters is 1. The minimum Gasteiger partial charge on any atom is -0.427 e. The third kappa shape index (κ3) is 6.54. The lowest BCUT2D eigenvalue weighted by molar-refractivity contribution is -0.131. The number of carbonyl (C=O) groups excluding carboxylic acids is 3. The number of rotatable bonds is 7. The maximum absolute atomic E-state index is 12.9. The monoisotopic (exact) mass is 458 g/mol. The molecule has 3 aromatic rings. The van der Waals surface area contributed by atoms with Crippen LogP contribution in [-0.4, -0.2) is 17.8 Å². The van der Waals surface area contributed by atoms with Crippen LogP contribution in [0.1, 0.15) is 78.3 Å². The Bertz CT molecular complexity index is 1100. The molecule has 6 nitrogen and oxygen atoms in total. The van der Waals surface area contributed by atoms with Crippen LogP contribution in [0.15, 0.2) is 66.7 Å². The molecule has 0 aliphatic heterocycles. The minimum absolute atomic E-state index is 0.121. The van der Waals surface area contributed by atoms with Gasteiger partial charge in [-0.2, -0.15) is 0 Å². The molecule has 0 aromatic heterocycles. The van der Waals surface area contributed by atoms with Gasteiger partial charge in [-0.1, -0.05) is 52.0 Å². The number of anilines is 2. The summed E-state index contributed by atoms with van der Waals surface area (Å²) < 4.78 is 5.18. The summed E-state index contributed by atoms with van der Waals surface area (Å²) in [5.74, 6) is -0.489. The summed E-state index contributed by atoms with van der Waals surface area (Å²) >= 11 is 0. The van der Waals surface area contributed by atoms with E-state index in [9.17, 15) is 14.4 Å². The van der Waals surface area contributed by atoms with E-state index in [1.807, 2.05) is 48.5 Å². The average Bonchev–Trinajstić information content (AvgIpc) is 2.79. The summed E-state index contributed by atoms with van der Waals surface area (Å²) in [6, 6.07) is 19.5. The van der Waals surface area contributed by atoms with Crippen molar-refractivity contribution in [1.82, 2.24) is 0 Å². The van der Waals surface area contributed by atoms with Gasteiger partial charge in [0, 0.05) is 29.4 Å². The SMILES string of the molecule is CC(=O)Oc1cc(C(=O)Nc2ccc(C(C)C)cc2)cc(C(=O)Nc2ccc(C(C)C)cc2)c1. The van der Waals surface area contributed by atoms with E-state index in [0.29, 0.717) is 23.2 Å². The van der Waals surface area contributed by atoms with Crippen molar-refractivity contribution in [3.8, 4) is 5.75 Å². The van der Waals surface area contributed by atoms with Crippen LogP contribution in [-0.2, 0) is 4.79 Å². The van der Waals surface area contributed by atoms with Crippen LogP contribution in [0.3, 0.4) is 0 Å². The highest BCUT2D eigenvalue weighted by Gasteiger charge is 2.16. The Balaban J connectivity index is 1.83. The molecule has 0 spiro atoms. The first-order valence-corrected chi connectivity index (χ1v) is 11.3. The Kier molecular flexibility index (Phi) is 7.84. The highest BCUT2D eigenvalue weighted by molar-refractivity contribution is 6.09. The van der Waals surface area contributed by atoms with Gasteiger partial charge in [0.05, 0.1) is 0 Å². The summed E-state index contributed by atoms with van der Waals surface area (Å²) in [7, 11) is 0. The Labute approximate surface area is 200 Å². The number of nitrogens with one attached hydrogen (secondary N) is 2. The Morgan fingerprint density at radius 3 is 1.35 bits per heavy atom. The molecular formula is C28H30N2O4. The van der Waals surface area contributed by atoms with E-state index in [0.717, 1.165) is 11.1 Å². The zero-order valence-corrected chi connectivity index (χ0v) is 20.1. The normalized spacial score (nSPS) is 10.8. The average molecular weight is 459 g/mol. The van der Waals surface area contributed by atoms with E-state index in [4.69, 9.17) is 4.74 Å². The molecule has 0 saturated carbocycles. The molecule has 0 radical (unpaired) electrons. The molecule has 0 aliphatic rings. The molecule has 0 fully saturated rings. The number of hydrogen-bond donors (Lipinski definition) is 2. The fourth-order valence-electron chi connectivity index (χ4n) is 3.40. The summed E-state index contributed by atoms with van der Waals surface area (Å²) in [6.45, 7) is 9.65. The topological polar surface area (TPSA) is 84.5 Å². The second-order valence-corrected chi connectivity index (χ2v) is 8.80. The van der Waals surface area contributed by atoms with Crippen molar-refractivity contribution < 1.29 is 19.1 Å². The van der Waals surface area contributed by atoms with Gasteiger partial charge in [-0.05, 0) is 65.4 Å². The van der Waals surface area contributed by atoms with Gasteiger partial charge in [0.1, 0.15) is 5.75 Å². The van der Waals surface area contributed by atoms with Crippen LogP contribution in [0, 0.1) is 0 Å². The zero-order valence-electron chi connectivity index (χ0n) is 20.1. The third-order valence-corrected chi connectivity index (χ3v) is 5.36. The van der Waals surface area contributed by atoms with E-state index in [-0.39, 0.29) is 16.9 Å². The fourth-order valence-corrected chi connectivity index (χ4v) is 3.40. The highest BCUT2D eigenvalue weighted by Crippen LogP contribution is 2.23. The predicted octanol–water partition coefficient (Wildman–Crippen LogP) is 6.36. The molecule has 0 unspecified atom stereocenters. The zero-order chi connectivity index (χ0) is 24.8. The number of ether oxygens (including phenoxy) is 1. The van der Waals surface area contributed by atoms with Crippen molar-refractivity contribution in [2.75, 3.05) is 10.6 Å². The number of carbonyl (C=O) groups is 3. The lowest BCUT2D eigenvalue weighted by Crippen LogP contribution is -2.16. The van der Waals surface area contributed by atoms with Gasteiger partial charge in [0.25, 0.3) is 11.8 Å². The van der Waals surface area contributed by atoms with E-state index in [1.54, 1.807) is 0 Å². The van der Waals surface area contributed by atoms with Gasteiger partial charge in [0.2, 0.25) is 0 Å². The van der Waals surface area contributed by atoms with Crippen LogP contribution in [0.25, 0.3) is 0 Å². The Morgan fingerprint density at radius 1 is 0.647 bits per heavy atom. The molecule has 0 saturated heterocycles. The number of amides is 2. The fraction of sp³-hybridized carbons (Fsp3) is 0.250. The summed E-state index contributed by atoms with van der Waals surface area (Å²) in [4.78, 5) is 37.4. The number of benzene rings is 3. The standard InChI is InChI=1S/C28H30N2O4/c1-17(2)20-6-10-24(11-7-20)29-27(32)22-14-23(16-26(15-22)34-19(5)31)28(33)30-25-12-8-21(9-13-25)18(3)4/h6-18H,1-5H3,(H,29,32)(H,30,33). The van der Waals surface area contributed by atoms with Crippen molar-refractivity contribution in [2.24, 2.45) is 0 Å². The first-order chi connectivity index (χ1) is 16.1. The smallest absolute Gasteiger partial charge is 0.308 e. The molecule has 2 N–H and O–H groups in total. The second-order valence-electron chi connectivity index (χ2n) is 8.80. The summed E-state index contributed by atoms with van der Waals surface area (Å²) in [6.07, 6.45) is 0. The first kappa shape index (κ1) is 24.7. The molecule has 3 aromatic carbocycles. The molecule has 3 rings (SSSR count). The Hall–Kier alpha value is -3.93. The molecule has 0 bridgehead atoms. The van der Waals surface area contributed by atoms with Crippen LogP contribution >= 0.6 is 0 Å². The highest BCUT2D eigenvalue weighted by atomic mass is 16.5. The second kappa shape index (κ2) is 10.8. The van der Waals surface area contributed by atoms with Crippen molar-refractivity contribution in [1.29, 1.82) is 0 Å². The van der Waals surface area contributed by atoms with Crippen LogP contribution in [0.2, 0.25) is 0 Å². The van der Waals surface area contributed by atoms with Gasteiger partial charge < -0.3 is 15.4 Å². The van der Waals surface area contributed by atoms with E-state index >= 15 is 0 Å². The minimum atomic E-state index is -0.544. The molecule has 0 heterocycles. The van der Waals surface area contributed by atoms with Crippen LogP contribution < -0.4 is 15.4 Å². The Morgan fingerprint density at radius 2 is 1.03 bits per heavy atom. The van der Waals surface area contributed by atoms with Crippen molar-refractivity contribution >= 4 is 29.2 Å². The molecule has 176 valence electrons. The van der Waals surface area contributed by atoms with E-state index in [1.165, 1.54) is 25.1 Å². The predicted molar refractivity (Wildman–Crippen MR) is 135 cm³/mol. The molecule has 6 heteroatoms. The van der Waals surface area contributed by atoms with Gasteiger partial charge in [-0.25, -0.2) is 0 Å².